The van der Waals surface area contributed by atoms with Gasteiger partial charge in [0.1, 0.15) is 0 Å². The first-order chi connectivity index (χ1) is 11.0. The van der Waals surface area contributed by atoms with Crippen LogP contribution in [0.4, 0.5) is 5.69 Å². The van der Waals surface area contributed by atoms with Crippen molar-refractivity contribution in [3.8, 4) is 0 Å². The number of ketones is 1. The molecule has 0 aliphatic heterocycles. The maximum atomic E-state index is 12.3. The number of hydrogen-bond acceptors (Lipinski definition) is 3. The minimum Gasteiger partial charge on any atom is -0.326 e. The van der Waals surface area contributed by atoms with Crippen molar-refractivity contribution in [2.24, 2.45) is 0 Å². The second-order valence-corrected chi connectivity index (χ2v) is 6.49. The Labute approximate surface area is 141 Å². The van der Waals surface area contributed by atoms with Crippen molar-refractivity contribution in [2.45, 2.75) is 32.1 Å². The Kier molecular flexibility index (Phi) is 5.99. The van der Waals surface area contributed by atoms with Gasteiger partial charge in [0.25, 0.3) is 0 Å². The SMILES string of the molecule is CCC(=O)Nc1ccc(C(=O)CSc2ccc(C)c(C)c2)cc1. The highest BCUT2D eigenvalue weighted by Crippen LogP contribution is 2.22. The number of carbonyl (C=O) groups is 2. The van der Waals surface area contributed by atoms with E-state index in [2.05, 4.69) is 31.3 Å². The zero-order valence-electron chi connectivity index (χ0n) is 13.7. The Morgan fingerprint density at radius 2 is 1.70 bits per heavy atom. The smallest absolute Gasteiger partial charge is 0.224 e. The molecular formula is C19H21NO2S. The number of rotatable bonds is 6. The van der Waals surface area contributed by atoms with E-state index in [4.69, 9.17) is 0 Å². The maximum absolute atomic E-state index is 12.3. The van der Waals surface area contributed by atoms with Crippen molar-refractivity contribution in [2.75, 3.05) is 11.1 Å². The van der Waals surface area contributed by atoms with Crippen LogP contribution >= 0.6 is 11.8 Å². The van der Waals surface area contributed by atoms with Crippen LogP contribution in [-0.4, -0.2) is 17.4 Å². The van der Waals surface area contributed by atoms with E-state index in [0.29, 0.717) is 17.7 Å². The molecule has 1 amide bonds. The maximum Gasteiger partial charge on any atom is 0.224 e. The molecule has 0 saturated heterocycles. The summed E-state index contributed by atoms with van der Waals surface area (Å²) in [6.45, 7) is 5.95. The van der Waals surface area contributed by atoms with Gasteiger partial charge in [0.05, 0.1) is 5.75 Å². The van der Waals surface area contributed by atoms with Crippen molar-refractivity contribution < 1.29 is 9.59 Å². The quantitative estimate of drug-likeness (QED) is 0.621. The third-order valence-corrected chi connectivity index (χ3v) is 4.65. The van der Waals surface area contributed by atoms with Crippen molar-refractivity contribution >= 4 is 29.1 Å². The largest absolute Gasteiger partial charge is 0.326 e. The molecule has 0 bridgehead atoms. The van der Waals surface area contributed by atoms with Crippen molar-refractivity contribution in [1.82, 2.24) is 0 Å². The van der Waals surface area contributed by atoms with Gasteiger partial charge in [-0.25, -0.2) is 0 Å². The number of thioether (sulfide) groups is 1. The molecule has 0 saturated carbocycles. The molecule has 4 heteroatoms. The Morgan fingerprint density at radius 1 is 1.00 bits per heavy atom. The summed E-state index contributed by atoms with van der Waals surface area (Å²) in [5.41, 5.74) is 3.87. The van der Waals surface area contributed by atoms with Crippen LogP contribution in [-0.2, 0) is 4.79 Å². The number of amides is 1. The number of carbonyl (C=O) groups excluding carboxylic acids is 2. The molecule has 0 spiro atoms. The summed E-state index contributed by atoms with van der Waals surface area (Å²) in [6, 6.07) is 13.3. The third kappa shape index (κ3) is 4.96. The predicted octanol–water partition coefficient (Wildman–Crippen LogP) is 4.63. The van der Waals surface area contributed by atoms with Gasteiger partial charge in [0.15, 0.2) is 5.78 Å². The van der Waals surface area contributed by atoms with Crippen LogP contribution in [0.1, 0.15) is 34.8 Å². The summed E-state index contributed by atoms with van der Waals surface area (Å²) in [5.74, 6) is 0.458. The number of Topliss-reactive ketones (excluding diaryl/α,β-unsaturated/α-hetero) is 1. The van der Waals surface area contributed by atoms with Crippen molar-refractivity contribution in [3.05, 3.63) is 59.2 Å². The average molecular weight is 327 g/mol. The Balaban J connectivity index is 1.95. The molecule has 0 radical (unpaired) electrons. The number of aryl methyl sites for hydroxylation is 2. The topological polar surface area (TPSA) is 46.2 Å². The summed E-state index contributed by atoms with van der Waals surface area (Å²) < 4.78 is 0. The van der Waals surface area contributed by atoms with Crippen LogP contribution in [0.25, 0.3) is 0 Å². The monoisotopic (exact) mass is 327 g/mol. The summed E-state index contributed by atoms with van der Waals surface area (Å²) in [7, 11) is 0. The van der Waals surface area contributed by atoms with Gasteiger partial charge >= 0.3 is 0 Å². The molecule has 120 valence electrons. The molecule has 0 atom stereocenters. The molecule has 2 aromatic rings. The lowest BCUT2D eigenvalue weighted by Crippen LogP contribution is -2.09. The van der Waals surface area contributed by atoms with Crippen LogP contribution in [0.2, 0.25) is 0 Å². The van der Waals surface area contributed by atoms with E-state index in [9.17, 15) is 9.59 Å². The van der Waals surface area contributed by atoms with E-state index >= 15 is 0 Å². The standard InChI is InChI=1S/C19H21NO2S/c1-4-19(22)20-16-8-6-15(7-9-16)18(21)12-23-17-10-5-13(2)14(3)11-17/h5-11H,4,12H2,1-3H3,(H,20,22). The summed E-state index contributed by atoms with van der Waals surface area (Å²) in [6.07, 6.45) is 0.438. The van der Waals surface area contributed by atoms with Gasteiger partial charge in [-0.15, -0.1) is 11.8 Å². The van der Waals surface area contributed by atoms with Crippen LogP contribution in [0, 0.1) is 13.8 Å². The molecule has 0 fully saturated rings. The summed E-state index contributed by atoms with van der Waals surface area (Å²) >= 11 is 1.55. The lowest BCUT2D eigenvalue weighted by Gasteiger charge is -2.06. The van der Waals surface area contributed by atoms with E-state index in [1.807, 2.05) is 6.07 Å². The minimum absolute atomic E-state index is 0.0330. The average Bonchev–Trinajstić information content (AvgIpc) is 2.56. The molecule has 2 aromatic carbocycles. The highest BCUT2D eigenvalue weighted by Gasteiger charge is 2.08. The number of anilines is 1. The Hall–Kier alpha value is -2.07. The van der Waals surface area contributed by atoms with Crippen molar-refractivity contribution in [3.63, 3.8) is 0 Å². The first kappa shape index (κ1) is 17.3. The zero-order valence-corrected chi connectivity index (χ0v) is 14.5. The molecular weight excluding hydrogens is 306 g/mol. The lowest BCUT2D eigenvalue weighted by atomic mass is 10.1. The predicted molar refractivity (Wildman–Crippen MR) is 96.3 cm³/mol. The fourth-order valence-corrected chi connectivity index (χ4v) is 2.91. The van der Waals surface area contributed by atoms with E-state index in [-0.39, 0.29) is 11.7 Å². The molecule has 3 nitrogen and oxygen atoms in total. The second kappa shape index (κ2) is 7.97. The minimum atomic E-state index is -0.0330. The van der Waals surface area contributed by atoms with Gasteiger partial charge in [-0.3, -0.25) is 9.59 Å². The zero-order chi connectivity index (χ0) is 16.8. The highest BCUT2D eigenvalue weighted by molar-refractivity contribution is 8.00. The van der Waals surface area contributed by atoms with E-state index < -0.39 is 0 Å². The Bertz CT molecular complexity index is 708. The molecule has 2 rings (SSSR count). The number of hydrogen-bond donors (Lipinski definition) is 1. The van der Waals surface area contributed by atoms with Gasteiger partial charge in [0, 0.05) is 22.6 Å². The third-order valence-electron chi connectivity index (χ3n) is 3.66. The highest BCUT2D eigenvalue weighted by atomic mass is 32.2. The molecule has 0 aliphatic rings. The van der Waals surface area contributed by atoms with Crippen LogP contribution in [0.15, 0.2) is 47.4 Å². The molecule has 23 heavy (non-hydrogen) atoms. The molecule has 1 N–H and O–H groups in total. The van der Waals surface area contributed by atoms with Gasteiger partial charge in [-0.2, -0.15) is 0 Å². The van der Waals surface area contributed by atoms with Crippen LogP contribution in [0.5, 0.6) is 0 Å². The Morgan fingerprint density at radius 3 is 2.30 bits per heavy atom. The number of benzene rings is 2. The molecule has 0 unspecified atom stereocenters. The van der Waals surface area contributed by atoms with Crippen molar-refractivity contribution in [1.29, 1.82) is 0 Å². The van der Waals surface area contributed by atoms with Gasteiger partial charge in [-0.1, -0.05) is 13.0 Å². The van der Waals surface area contributed by atoms with Gasteiger partial charge in [-0.05, 0) is 61.4 Å². The second-order valence-electron chi connectivity index (χ2n) is 5.44. The van der Waals surface area contributed by atoms with Crippen LogP contribution in [0.3, 0.4) is 0 Å². The fraction of sp³-hybridized carbons (Fsp3) is 0.263. The first-order valence-electron chi connectivity index (χ1n) is 7.62. The van der Waals surface area contributed by atoms with E-state index in [0.717, 1.165) is 10.6 Å². The van der Waals surface area contributed by atoms with Crippen LogP contribution < -0.4 is 5.32 Å². The lowest BCUT2D eigenvalue weighted by molar-refractivity contribution is -0.115. The fourth-order valence-electron chi connectivity index (χ4n) is 2.02. The molecule has 0 aromatic heterocycles. The summed E-state index contributed by atoms with van der Waals surface area (Å²) in [4.78, 5) is 24.7. The first-order valence-corrected chi connectivity index (χ1v) is 8.61. The summed E-state index contributed by atoms with van der Waals surface area (Å²) in [5, 5.41) is 2.77. The molecule has 0 heterocycles. The van der Waals surface area contributed by atoms with Gasteiger partial charge < -0.3 is 5.32 Å². The van der Waals surface area contributed by atoms with E-state index in [1.165, 1.54) is 11.1 Å². The van der Waals surface area contributed by atoms with E-state index in [1.54, 1.807) is 43.0 Å². The number of nitrogens with one attached hydrogen (secondary N) is 1. The molecule has 0 aliphatic carbocycles. The van der Waals surface area contributed by atoms with Gasteiger partial charge in [0.2, 0.25) is 5.91 Å². The normalized spacial score (nSPS) is 10.4.